The molecule has 6 rings (SSSR count). The Morgan fingerprint density at radius 2 is 1.88 bits per heavy atom. The third kappa shape index (κ3) is 4.19. The maximum Gasteiger partial charge on any atom is 0.228 e. The number of rotatable bonds is 5. The van der Waals surface area contributed by atoms with Crippen LogP contribution >= 0.6 is 11.6 Å². The number of benzene rings is 1. The second-order valence-corrected chi connectivity index (χ2v) is 10.8. The normalized spacial score (nSPS) is 32.4. The molecule has 1 aromatic heterocycles. The van der Waals surface area contributed by atoms with E-state index >= 15 is 0 Å². The minimum atomic E-state index is -0.396. The molecule has 2 aromatic rings. The van der Waals surface area contributed by atoms with Gasteiger partial charge in [0.1, 0.15) is 5.82 Å². The van der Waals surface area contributed by atoms with Crippen molar-refractivity contribution < 1.29 is 9.18 Å². The summed E-state index contributed by atoms with van der Waals surface area (Å²) in [6, 6.07) is 7.64. The third-order valence-electron chi connectivity index (χ3n) is 8.23. The van der Waals surface area contributed by atoms with E-state index in [2.05, 4.69) is 32.6 Å². The van der Waals surface area contributed by atoms with Gasteiger partial charge >= 0.3 is 0 Å². The Labute approximate surface area is 198 Å². The number of fused-ring (bicyclic) bond motifs is 3. The number of carbonyl (C=O) groups excluding carboxylic acids is 1. The van der Waals surface area contributed by atoms with Crippen LogP contribution in [0.2, 0.25) is 5.02 Å². The van der Waals surface area contributed by atoms with Crippen molar-refractivity contribution >= 4 is 23.3 Å². The Morgan fingerprint density at radius 3 is 2.52 bits per heavy atom. The van der Waals surface area contributed by atoms with Crippen molar-refractivity contribution in [1.29, 1.82) is 0 Å². The average molecular weight is 467 g/mol. The zero-order chi connectivity index (χ0) is 22.5. The van der Waals surface area contributed by atoms with Gasteiger partial charge in [-0.15, -0.1) is 10.2 Å². The fraction of sp³-hybridized carbons (Fsp3) is 0.500. The van der Waals surface area contributed by atoms with Crippen LogP contribution in [0.4, 0.5) is 10.2 Å². The van der Waals surface area contributed by atoms with E-state index < -0.39 is 5.82 Å². The van der Waals surface area contributed by atoms with Gasteiger partial charge in [0.05, 0.1) is 10.7 Å². The zero-order valence-corrected chi connectivity index (χ0v) is 19.2. The third-order valence-corrected chi connectivity index (χ3v) is 8.54. The summed E-state index contributed by atoms with van der Waals surface area (Å²) in [4.78, 5) is 15.5. The van der Waals surface area contributed by atoms with Gasteiger partial charge in [0.25, 0.3) is 0 Å². The van der Waals surface area contributed by atoms with E-state index in [4.69, 9.17) is 11.6 Å². The predicted octanol–water partition coefficient (Wildman–Crippen LogP) is 5.04. The number of hydrogen-bond acceptors (Lipinski definition) is 4. The molecule has 1 saturated heterocycles. The number of halogens is 2. The van der Waals surface area contributed by atoms with E-state index in [1.54, 1.807) is 18.2 Å². The molecule has 33 heavy (non-hydrogen) atoms. The molecule has 3 fully saturated rings. The molecule has 4 unspecified atom stereocenters. The lowest BCUT2D eigenvalue weighted by Gasteiger charge is -2.26. The van der Waals surface area contributed by atoms with Crippen molar-refractivity contribution in [1.82, 2.24) is 15.1 Å². The Balaban J connectivity index is 1.02. The first kappa shape index (κ1) is 21.2. The molecule has 1 N–H and O–H groups in total. The number of nitrogens with zero attached hydrogens (tertiary/aromatic N) is 3. The molecular weight excluding hydrogens is 439 g/mol. The quantitative estimate of drug-likeness (QED) is 0.627. The first-order chi connectivity index (χ1) is 16.0. The summed E-state index contributed by atoms with van der Waals surface area (Å²) >= 11 is 6.11. The number of likely N-dealkylation sites (tertiary alicyclic amines) is 1. The van der Waals surface area contributed by atoms with Crippen LogP contribution in [0, 0.1) is 41.3 Å². The van der Waals surface area contributed by atoms with E-state index in [0.29, 0.717) is 28.9 Å². The first-order valence-corrected chi connectivity index (χ1v) is 12.4. The van der Waals surface area contributed by atoms with Crippen molar-refractivity contribution in [3.8, 4) is 11.3 Å². The van der Waals surface area contributed by atoms with Crippen LogP contribution in [0.25, 0.3) is 11.3 Å². The molecule has 2 bridgehead atoms. The molecule has 3 aliphatic carbocycles. The Bertz CT molecular complexity index is 1080. The number of nitrogens with one attached hydrogen (secondary N) is 1. The van der Waals surface area contributed by atoms with Crippen molar-refractivity contribution in [3.05, 3.63) is 53.3 Å². The van der Waals surface area contributed by atoms with Crippen LogP contribution in [0.3, 0.4) is 0 Å². The molecule has 2 saturated carbocycles. The van der Waals surface area contributed by atoms with Crippen molar-refractivity contribution in [2.24, 2.45) is 35.5 Å². The Kier molecular flexibility index (Phi) is 5.46. The molecule has 6 atom stereocenters. The van der Waals surface area contributed by atoms with E-state index in [0.717, 1.165) is 43.7 Å². The predicted molar refractivity (Wildman–Crippen MR) is 126 cm³/mol. The highest BCUT2D eigenvalue weighted by Gasteiger charge is 2.45. The molecule has 0 spiro atoms. The van der Waals surface area contributed by atoms with Crippen LogP contribution in [-0.2, 0) is 4.79 Å². The lowest BCUT2D eigenvalue weighted by atomic mass is 9.93. The molecule has 1 aromatic carbocycles. The molecule has 0 radical (unpaired) electrons. The molecule has 1 aliphatic heterocycles. The van der Waals surface area contributed by atoms with Crippen molar-refractivity contribution in [2.75, 3.05) is 25.0 Å². The second kappa shape index (κ2) is 8.48. The standard InChI is InChI=1S/C26H28ClFN4O/c27-23-11-21(28)3-4-22(23)24-5-6-25(31-30-24)29-26(33)17-9-19-13-32(14-20(19)10-17)12-18-8-15-1-2-16(18)7-15/h1-6,11,15-20H,7-10,12-14H2,(H,29,31,33)/t15?,16?,17?,18?,19-,20+. The maximum absolute atomic E-state index is 13.3. The summed E-state index contributed by atoms with van der Waals surface area (Å²) in [6.07, 6.45) is 9.51. The highest BCUT2D eigenvalue weighted by molar-refractivity contribution is 6.33. The lowest BCUT2D eigenvalue weighted by molar-refractivity contribution is -0.119. The zero-order valence-electron chi connectivity index (χ0n) is 18.5. The topological polar surface area (TPSA) is 58.1 Å². The summed E-state index contributed by atoms with van der Waals surface area (Å²) in [6.45, 7) is 3.51. The van der Waals surface area contributed by atoms with Crippen molar-refractivity contribution in [2.45, 2.75) is 25.7 Å². The van der Waals surface area contributed by atoms with Crippen LogP contribution in [-0.4, -0.2) is 40.6 Å². The van der Waals surface area contributed by atoms with E-state index in [1.807, 2.05) is 0 Å². The minimum Gasteiger partial charge on any atom is -0.309 e. The number of anilines is 1. The van der Waals surface area contributed by atoms with Crippen LogP contribution in [0.15, 0.2) is 42.5 Å². The minimum absolute atomic E-state index is 0.0380. The van der Waals surface area contributed by atoms with Crippen LogP contribution < -0.4 is 5.32 Å². The summed E-state index contributed by atoms with van der Waals surface area (Å²) in [5.74, 6) is 3.85. The highest BCUT2D eigenvalue weighted by atomic mass is 35.5. The SMILES string of the molecule is O=C(Nc1ccc(-c2ccc(F)cc2Cl)nn1)C1C[C@@H]2CN(CC3CC4C=CC3C4)C[C@@H]2C1. The van der Waals surface area contributed by atoms with Gasteiger partial charge in [-0.05, 0) is 85.6 Å². The highest BCUT2D eigenvalue weighted by Crippen LogP contribution is 2.46. The summed E-state index contributed by atoms with van der Waals surface area (Å²) in [5.41, 5.74) is 1.15. The van der Waals surface area contributed by atoms with Gasteiger partial charge in [0.2, 0.25) is 5.91 Å². The molecule has 172 valence electrons. The van der Waals surface area contributed by atoms with Gasteiger partial charge < -0.3 is 10.2 Å². The van der Waals surface area contributed by atoms with Crippen LogP contribution in [0.5, 0.6) is 0 Å². The fourth-order valence-corrected chi connectivity index (χ4v) is 6.93. The van der Waals surface area contributed by atoms with Gasteiger partial charge in [0, 0.05) is 31.1 Å². The van der Waals surface area contributed by atoms with E-state index in [-0.39, 0.29) is 16.8 Å². The van der Waals surface area contributed by atoms with E-state index in [1.165, 1.54) is 31.5 Å². The average Bonchev–Trinajstić information content (AvgIpc) is 3.55. The molecular formula is C26H28ClFN4O. The Morgan fingerprint density at radius 1 is 1.06 bits per heavy atom. The number of allylic oxidation sites excluding steroid dienone is 2. The number of hydrogen-bond donors (Lipinski definition) is 1. The van der Waals surface area contributed by atoms with Gasteiger partial charge in [-0.2, -0.15) is 0 Å². The second-order valence-electron chi connectivity index (χ2n) is 10.4. The first-order valence-electron chi connectivity index (χ1n) is 12.0. The monoisotopic (exact) mass is 466 g/mol. The fourth-order valence-electron chi connectivity index (χ4n) is 6.66. The molecule has 4 aliphatic rings. The molecule has 1 amide bonds. The Hall–Kier alpha value is -2.31. The molecule has 2 heterocycles. The number of carbonyl (C=O) groups is 1. The van der Waals surface area contributed by atoms with Gasteiger partial charge in [-0.25, -0.2) is 4.39 Å². The van der Waals surface area contributed by atoms with Gasteiger partial charge in [-0.3, -0.25) is 4.79 Å². The molecule has 5 nitrogen and oxygen atoms in total. The lowest BCUT2D eigenvalue weighted by Crippen LogP contribution is -2.31. The summed E-state index contributed by atoms with van der Waals surface area (Å²) < 4.78 is 13.3. The summed E-state index contributed by atoms with van der Waals surface area (Å²) in [7, 11) is 0. The van der Waals surface area contributed by atoms with Gasteiger partial charge in [0.15, 0.2) is 5.82 Å². The number of amides is 1. The number of aromatic nitrogens is 2. The largest absolute Gasteiger partial charge is 0.309 e. The summed E-state index contributed by atoms with van der Waals surface area (Å²) in [5, 5.41) is 11.5. The molecule has 7 heteroatoms. The van der Waals surface area contributed by atoms with E-state index in [9.17, 15) is 9.18 Å². The smallest absolute Gasteiger partial charge is 0.228 e. The maximum atomic E-state index is 13.3. The van der Waals surface area contributed by atoms with Gasteiger partial charge in [-0.1, -0.05) is 23.8 Å². The van der Waals surface area contributed by atoms with Crippen molar-refractivity contribution in [3.63, 3.8) is 0 Å². The van der Waals surface area contributed by atoms with Crippen LogP contribution in [0.1, 0.15) is 25.7 Å².